The molecule has 0 aromatic carbocycles. The van der Waals surface area contributed by atoms with Crippen molar-refractivity contribution in [3.63, 3.8) is 0 Å². The van der Waals surface area contributed by atoms with Gasteiger partial charge in [0.05, 0.1) is 79.3 Å². The lowest BCUT2D eigenvalue weighted by molar-refractivity contribution is -0.0182. The van der Waals surface area contributed by atoms with Crippen molar-refractivity contribution in [3.8, 4) is 0 Å². The van der Waals surface area contributed by atoms with E-state index in [4.69, 9.17) is 33.5 Å². The van der Waals surface area contributed by atoms with Crippen LogP contribution in [0.5, 0.6) is 0 Å². The van der Waals surface area contributed by atoms with Gasteiger partial charge < -0.3 is 33.5 Å². The second-order valence-electron chi connectivity index (χ2n) is 7.35. The second kappa shape index (κ2) is 25.8. The maximum Gasteiger partial charge on any atom is 0.0701 e. The number of aliphatic hydroxyl groups excluding tert-OH is 1. The first-order valence-electron chi connectivity index (χ1n) is 11.3. The lowest BCUT2D eigenvalue weighted by Gasteiger charge is -2.08. The molecule has 0 fully saturated rings. The molecule has 0 aliphatic heterocycles. The molecule has 0 aromatic rings. The molecule has 1 N–H and O–H groups in total. The van der Waals surface area contributed by atoms with Crippen molar-refractivity contribution in [2.45, 2.75) is 52.4 Å². The predicted molar refractivity (Wildman–Crippen MR) is 115 cm³/mol. The van der Waals surface area contributed by atoms with Gasteiger partial charge >= 0.3 is 0 Å². The fourth-order valence-corrected chi connectivity index (χ4v) is 2.55. The molecule has 0 radical (unpaired) electrons. The number of rotatable bonds is 25. The molecule has 0 unspecified atom stereocenters. The third-order valence-corrected chi connectivity index (χ3v) is 4.17. The highest BCUT2D eigenvalue weighted by atomic mass is 16.6. The summed E-state index contributed by atoms with van der Waals surface area (Å²) in [6, 6.07) is 0. The van der Waals surface area contributed by atoms with E-state index in [9.17, 15) is 0 Å². The van der Waals surface area contributed by atoms with E-state index < -0.39 is 0 Å². The summed E-state index contributed by atoms with van der Waals surface area (Å²) in [5.74, 6) is 0.831. The van der Waals surface area contributed by atoms with E-state index in [2.05, 4.69) is 13.8 Å². The smallest absolute Gasteiger partial charge is 0.0701 e. The number of hydrogen-bond acceptors (Lipinski definition) is 7. The second-order valence-corrected chi connectivity index (χ2v) is 7.35. The Labute approximate surface area is 178 Å². The lowest BCUT2D eigenvalue weighted by atomic mass is 10.0. The first-order valence-corrected chi connectivity index (χ1v) is 11.3. The third-order valence-electron chi connectivity index (χ3n) is 4.17. The van der Waals surface area contributed by atoms with Crippen LogP contribution in [0.1, 0.15) is 52.4 Å². The zero-order chi connectivity index (χ0) is 21.3. The summed E-state index contributed by atoms with van der Waals surface area (Å²) in [5.41, 5.74) is 0. The topological polar surface area (TPSA) is 75.6 Å². The fourth-order valence-electron chi connectivity index (χ4n) is 2.55. The lowest BCUT2D eigenvalue weighted by Crippen LogP contribution is -2.14. The number of unbranched alkanes of at least 4 members (excludes halogenated alkanes) is 4. The van der Waals surface area contributed by atoms with Gasteiger partial charge in [-0.2, -0.15) is 0 Å². The molecule has 0 rings (SSSR count). The van der Waals surface area contributed by atoms with E-state index >= 15 is 0 Å². The van der Waals surface area contributed by atoms with Crippen LogP contribution in [0.4, 0.5) is 0 Å². The van der Waals surface area contributed by atoms with Gasteiger partial charge in [-0.15, -0.1) is 0 Å². The molecule has 29 heavy (non-hydrogen) atoms. The minimum absolute atomic E-state index is 0.0425. The van der Waals surface area contributed by atoms with Gasteiger partial charge in [0.25, 0.3) is 0 Å². The van der Waals surface area contributed by atoms with Crippen molar-refractivity contribution < 1.29 is 33.5 Å². The van der Waals surface area contributed by atoms with Crippen molar-refractivity contribution in [2.75, 3.05) is 85.9 Å². The van der Waals surface area contributed by atoms with Crippen LogP contribution in [0.15, 0.2) is 0 Å². The first-order chi connectivity index (χ1) is 14.3. The monoisotopic (exact) mass is 422 g/mol. The molecule has 0 heterocycles. The molecular weight excluding hydrogens is 376 g/mol. The van der Waals surface area contributed by atoms with E-state index in [1.807, 2.05) is 0 Å². The zero-order valence-electron chi connectivity index (χ0n) is 18.9. The Balaban J connectivity index is 2.98. The summed E-state index contributed by atoms with van der Waals surface area (Å²) in [5, 5.41) is 8.54. The quantitative estimate of drug-likeness (QED) is 0.227. The van der Waals surface area contributed by atoms with Crippen LogP contribution in [0, 0.1) is 5.92 Å². The Hall–Kier alpha value is -0.280. The van der Waals surface area contributed by atoms with E-state index in [0.29, 0.717) is 72.7 Å². The molecule has 0 aliphatic carbocycles. The summed E-state index contributed by atoms with van der Waals surface area (Å²) < 4.78 is 32.3. The largest absolute Gasteiger partial charge is 0.394 e. The molecule has 0 aliphatic rings. The molecule has 0 saturated heterocycles. The molecule has 0 bridgehead atoms. The Morgan fingerprint density at radius 1 is 0.448 bits per heavy atom. The molecular formula is C22H46O7. The van der Waals surface area contributed by atoms with Crippen LogP contribution in [-0.2, 0) is 28.4 Å². The highest BCUT2D eigenvalue weighted by Gasteiger charge is 1.96. The standard InChI is InChI=1S/C22H46O7/c1-22(2)8-6-4-3-5-7-10-24-12-14-26-16-18-28-20-21-29-19-17-27-15-13-25-11-9-23/h22-23H,3-21H2,1-2H3. The number of hydrogen-bond donors (Lipinski definition) is 1. The molecule has 0 saturated carbocycles. The van der Waals surface area contributed by atoms with Crippen LogP contribution < -0.4 is 0 Å². The van der Waals surface area contributed by atoms with Gasteiger partial charge in [0.2, 0.25) is 0 Å². The summed E-state index contributed by atoms with van der Waals surface area (Å²) in [4.78, 5) is 0. The average Bonchev–Trinajstić information content (AvgIpc) is 2.71. The van der Waals surface area contributed by atoms with E-state index in [1.54, 1.807) is 0 Å². The zero-order valence-corrected chi connectivity index (χ0v) is 18.9. The van der Waals surface area contributed by atoms with Crippen molar-refractivity contribution in [1.82, 2.24) is 0 Å². The third kappa shape index (κ3) is 27.7. The number of ether oxygens (including phenoxy) is 6. The highest BCUT2D eigenvalue weighted by molar-refractivity contribution is 4.48. The summed E-state index contributed by atoms with van der Waals surface area (Å²) in [6.45, 7) is 11.4. The Kier molecular flexibility index (Phi) is 25.5. The normalized spacial score (nSPS) is 11.6. The Morgan fingerprint density at radius 3 is 1.21 bits per heavy atom. The van der Waals surface area contributed by atoms with E-state index in [-0.39, 0.29) is 6.61 Å². The van der Waals surface area contributed by atoms with Crippen LogP contribution in [-0.4, -0.2) is 91.0 Å². The Morgan fingerprint density at radius 2 is 0.793 bits per heavy atom. The van der Waals surface area contributed by atoms with E-state index in [0.717, 1.165) is 18.9 Å². The first kappa shape index (κ1) is 28.7. The average molecular weight is 423 g/mol. The molecule has 0 amide bonds. The summed E-state index contributed by atoms with van der Waals surface area (Å²) in [7, 11) is 0. The van der Waals surface area contributed by atoms with Gasteiger partial charge in [0.15, 0.2) is 0 Å². The molecule has 0 spiro atoms. The van der Waals surface area contributed by atoms with Crippen molar-refractivity contribution >= 4 is 0 Å². The minimum Gasteiger partial charge on any atom is -0.394 e. The van der Waals surface area contributed by atoms with Crippen molar-refractivity contribution in [2.24, 2.45) is 5.92 Å². The summed E-state index contributed by atoms with van der Waals surface area (Å²) in [6.07, 6.45) is 7.79. The van der Waals surface area contributed by atoms with Crippen LogP contribution in [0.3, 0.4) is 0 Å². The van der Waals surface area contributed by atoms with Crippen molar-refractivity contribution in [1.29, 1.82) is 0 Å². The van der Waals surface area contributed by atoms with Crippen LogP contribution in [0.2, 0.25) is 0 Å². The van der Waals surface area contributed by atoms with E-state index in [1.165, 1.54) is 32.1 Å². The SMILES string of the molecule is CC(C)CCCCCCCOCCOCCOCCOCCOCCOCCO. The maximum absolute atomic E-state index is 8.54. The van der Waals surface area contributed by atoms with Gasteiger partial charge in [-0.3, -0.25) is 0 Å². The van der Waals surface area contributed by atoms with Crippen LogP contribution in [0.25, 0.3) is 0 Å². The van der Waals surface area contributed by atoms with Crippen molar-refractivity contribution in [3.05, 3.63) is 0 Å². The maximum atomic E-state index is 8.54. The van der Waals surface area contributed by atoms with Gasteiger partial charge in [0.1, 0.15) is 0 Å². The molecule has 7 nitrogen and oxygen atoms in total. The molecule has 176 valence electrons. The predicted octanol–water partition coefficient (Wildman–Crippen LogP) is 3.07. The Bertz CT molecular complexity index is 290. The fraction of sp³-hybridized carbons (Fsp3) is 1.00. The molecule has 7 heteroatoms. The summed E-state index contributed by atoms with van der Waals surface area (Å²) >= 11 is 0. The van der Waals surface area contributed by atoms with Gasteiger partial charge in [-0.05, 0) is 12.3 Å². The van der Waals surface area contributed by atoms with Crippen LogP contribution >= 0.6 is 0 Å². The number of aliphatic hydroxyl groups is 1. The minimum atomic E-state index is 0.0425. The van der Waals surface area contributed by atoms with Gasteiger partial charge in [-0.1, -0.05) is 46.0 Å². The highest BCUT2D eigenvalue weighted by Crippen LogP contribution is 2.10. The molecule has 0 aromatic heterocycles. The molecule has 0 atom stereocenters. The van der Waals surface area contributed by atoms with Gasteiger partial charge in [-0.25, -0.2) is 0 Å². The van der Waals surface area contributed by atoms with Gasteiger partial charge in [0, 0.05) is 6.61 Å².